The van der Waals surface area contributed by atoms with Gasteiger partial charge in [0, 0.05) is 45.0 Å². The number of carbonyl (C=O) groups is 1. The minimum atomic E-state index is -0.756. The molecular weight excluding hydrogens is 470 g/mol. The highest BCUT2D eigenvalue weighted by atomic mass is 16.3. The zero-order chi connectivity index (χ0) is 26.0. The number of fused-ring (bicyclic) bond motifs is 1. The molecule has 1 saturated heterocycles. The van der Waals surface area contributed by atoms with Crippen LogP contribution in [-0.4, -0.2) is 55.1 Å². The SMILES string of the molecule is Cn1nccc1-c1cc2nc(C(=O)NCc3ccc(C#N)cc3)cc(N3CCC(C#N)(CO)CC3)n2n1. The lowest BCUT2D eigenvalue weighted by Gasteiger charge is -2.37. The number of nitrogens with zero attached hydrogens (tertiary/aromatic N) is 8. The molecule has 11 heteroatoms. The van der Waals surface area contributed by atoms with Gasteiger partial charge in [-0.1, -0.05) is 12.1 Å². The molecule has 1 aliphatic heterocycles. The minimum absolute atomic E-state index is 0.182. The molecule has 186 valence electrons. The molecule has 0 aliphatic carbocycles. The summed E-state index contributed by atoms with van der Waals surface area (Å²) in [5.41, 5.74) is 2.90. The second-order valence-electron chi connectivity index (χ2n) is 9.17. The largest absolute Gasteiger partial charge is 0.395 e. The number of benzene rings is 1. The summed E-state index contributed by atoms with van der Waals surface area (Å²) in [4.78, 5) is 19.8. The summed E-state index contributed by atoms with van der Waals surface area (Å²) in [7, 11) is 1.83. The van der Waals surface area contributed by atoms with Crippen molar-refractivity contribution in [2.24, 2.45) is 12.5 Å². The van der Waals surface area contributed by atoms with Crippen molar-refractivity contribution in [1.82, 2.24) is 29.7 Å². The molecule has 0 bridgehead atoms. The number of piperidine rings is 1. The van der Waals surface area contributed by atoms with E-state index in [9.17, 15) is 15.2 Å². The van der Waals surface area contributed by atoms with E-state index in [1.165, 1.54) is 0 Å². The molecule has 0 radical (unpaired) electrons. The van der Waals surface area contributed by atoms with Crippen molar-refractivity contribution in [2.45, 2.75) is 19.4 Å². The Morgan fingerprint density at radius 3 is 2.54 bits per heavy atom. The van der Waals surface area contributed by atoms with Crippen LogP contribution in [0.3, 0.4) is 0 Å². The predicted molar refractivity (Wildman–Crippen MR) is 134 cm³/mol. The van der Waals surface area contributed by atoms with Crippen molar-refractivity contribution >= 4 is 17.4 Å². The maximum Gasteiger partial charge on any atom is 0.270 e. The molecule has 3 aromatic heterocycles. The number of nitrogens with one attached hydrogen (secondary N) is 1. The van der Waals surface area contributed by atoms with E-state index in [1.54, 1.807) is 45.7 Å². The lowest BCUT2D eigenvalue weighted by Crippen LogP contribution is -2.42. The molecule has 0 spiro atoms. The lowest BCUT2D eigenvalue weighted by atomic mass is 9.80. The maximum atomic E-state index is 13.1. The number of rotatable bonds is 6. The van der Waals surface area contributed by atoms with Crippen LogP contribution < -0.4 is 10.2 Å². The third-order valence-electron chi connectivity index (χ3n) is 6.84. The highest BCUT2D eigenvalue weighted by Crippen LogP contribution is 2.33. The van der Waals surface area contributed by atoms with Gasteiger partial charge in [0.2, 0.25) is 0 Å². The molecule has 2 N–H and O–H groups in total. The van der Waals surface area contributed by atoms with E-state index < -0.39 is 5.41 Å². The molecule has 4 heterocycles. The summed E-state index contributed by atoms with van der Waals surface area (Å²) in [6, 6.07) is 16.7. The van der Waals surface area contributed by atoms with Crippen LogP contribution in [0.2, 0.25) is 0 Å². The van der Waals surface area contributed by atoms with Gasteiger partial charge in [0.1, 0.15) is 17.2 Å². The summed E-state index contributed by atoms with van der Waals surface area (Å²) in [6.07, 6.45) is 2.69. The van der Waals surface area contributed by atoms with Gasteiger partial charge >= 0.3 is 0 Å². The highest BCUT2D eigenvalue weighted by Gasteiger charge is 2.35. The molecule has 1 amide bonds. The summed E-state index contributed by atoms with van der Waals surface area (Å²) in [5, 5.41) is 40.2. The first-order chi connectivity index (χ1) is 17.9. The third-order valence-corrected chi connectivity index (χ3v) is 6.84. The molecule has 1 aromatic carbocycles. The highest BCUT2D eigenvalue weighted by molar-refractivity contribution is 5.93. The molecule has 0 saturated carbocycles. The zero-order valence-electron chi connectivity index (χ0n) is 20.3. The third kappa shape index (κ3) is 4.60. The van der Waals surface area contributed by atoms with Crippen LogP contribution in [0.5, 0.6) is 0 Å². The van der Waals surface area contributed by atoms with Gasteiger partial charge in [0.25, 0.3) is 5.91 Å². The summed E-state index contributed by atoms with van der Waals surface area (Å²) in [6.45, 7) is 1.16. The number of hydrogen-bond acceptors (Lipinski definition) is 8. The second kappa shape index (κ2) is 9.72. The number of aromatic nitrogens is 5. The van der Waals surface area contributed by atoms with Crippen LogP contribution >= 0.6 is 0 Å². The molecule has 1 aliphatic rings. The number of aryl methyl sites for hydroxylation is 1. The van der Waals surface area contributed by atoms with Crippen molar-refractivity contribution in [3.8, 4) is 23.5 Å². The second-order valence-corrected chi connectivity index (χ2v) is 9.17. The Bertz CT molecular complexity index is 1530. The van der Waals surface area contributed by atoms with Crippen LogP contribution in [0.15, 0.2) is 48.7 Å². The Balaban J connectivity index is 1.47. The molecule has 0 unspecified atom stereocenters. The van der Waals surface area contributed by atoms with Crippen LogP contribution in [0.25, 0.3) is 17.0 Å². The van der Waals surface area contributed by atoms with Gasteiger partial charge < -0.3 is 15.3 Å². The predicted octanol–water partition coefficient (Wildman–Crippen LogP) is 2.03. The Morgan fingerprint density at radius 2 is 1.92 bits per heavy atom. The summed E-state index contributed by atoms with van der Waals surface area (Å²) in [5.74, 6) is 0.349. The van der Waals surface area contributed by atoms with E-state index >= 15 is 0 Å². The number of nitriles is 2. The minimum Gasteiger partial charge on any atom is -0.395 e. The average Bonchev–Trinajstić information content (AvgIpc) is 3.57. The zero-order valence-corrected chi connectivity index (χ0v) is 20.3. The van der Waals surface area contributed by atoms with Crippen molar-refractivity contribution in [3.63, 3.8) is 0 Å². The van der Waals surface area contributed by atoms with Crippen LogP contribution in [0.1, 0.15) is 34.5 Å². The summed E-state index contributed by atoms with van der Waals surface area (Å²) < 4.78 is 3.42. The number of aliphatic hydroxyl groups excluding tert-OH is 1. The van der Waals surface area contributed by atoms with Crippen LogP contribution in [-0.2, 0) is 13.6 Å². The Hall–Kier alpha value is -4.74. The first-order valence-corrected chi connectivity index (χ1v) is 11.9. The van der Waals surface area contributed by atoms with Crippen molar-refractivity contribution in [1.29, 1.82) is 10.5 Å². The monoisotopic (exact) mass is 495 g/mol. The Kier molecular flexibility index (Phi) is 6.30. The van der Waals surface area contributed by atoms with Crippen molar-refractivity contribution in [3.05, 3.63) is 65.5 Å². The lowest BCUT2D eigenvalue weighted by molar-refractivity contribution is 0.0946. The molecule has 11 nitrogen and oxygen atoms in total. The number of anilines is 1. The van der Waals surface area contributed by atoms with E-state index in [2.05, 4.69) is 32.4 Å². The van der Waals surface area contributed by atoms with Crippen LogP contribution in [0.4, 0.5) is 5.82 Å². The molecular formula is C26H25N9O2. The van der Waals surface area contributed by atoms with Gasteiger partial charge in [0.15, 0.2) is 5.65 Å². The number of aliphatic hydroxyl groups is 1. The number of amides is 1. The fraction of sp³-hybridized carbons (Fsp3) is 0.308. The van der Waals surface area contributed by atoms with Gasteiger partial charge in [-0.3, -0.25) is 9.48 Å². The van der Waals surface area contributed by atoms with Gasteiger partial charge in [-0.15, -0.1) is 0 Å². The van der Waals surface area contributed by atoms with E-state index in [-0.39, 0.29) is 24.8 Å². The van der Waals surface area contributed by atoms with Gasteiger partial charge in [-0.2, -0.15) is 25.2 Å². The standard InChI is InChI=1S/C26H25N9O2/c1-33-22(6-9-30-33)20-12-23-31-21(25(37)29-15-19-4-2-18(14-27)3-5-19)13-24(35(23)32-20)34-10-7-26(16-28,17-36)8-11-34/h2-6,9,12-13,36H,7-8,10-11,15,17H2,1H3,(H,29,37). The van der Waals surface area contributed by atoms with E-state index in [0.29, 0.717) is 48.7 Å². The topological polar surface area (TPSA) is 148 Å². The molecule has 37 heavy (non-hydrogen) atoms. The maximum absolute atomic E-state index is 13.1. The quantitative estimate of drug-likeness (QED) is 0.413. The Labute approximate surface area is 213 Å². The first-order valence-electron chi connectivity index (χ1n) is 11.9. The summed E-state index contributed by atoms with van der Waals surface area (Å²) >= 11 is 0. The fourth-order valence-corrected chi connectivity index (χ4v) is 4.49. The average molecular weight is 496 g/mol. The van der Waals surface area contributed by atoms with E-state index in [0.717, 1.165) is 11.3 Å². The van der Waals surface area contributed by atoms with Crippen molar-refractivity contribution in [2.75, 3.05) is 24.6 Å². The van der Waals surface area contributed by atoms with Crippen molar-refractivity contribution < 1.29 is 9.90 Å². The Morgan fingerprint density at radius 1 is 1.16 bits per heavy atom. The first kappa shape index (κ1) is 24.0. The fourth-order valence-electron chi connectivity index (χ4n) is 4.49. The molecule has 1 fully saturated rings. The molecule has 4 aromatic rings. The van der Waals surface area contributed by atoms with Gasteiger partial charge in [0.05, 0.1) is 35.4 Å². The number of hydrogen-bond donors (Lipinski definition) is 2. The smallest absolute Gasteiger partial charge is 0.270 e. The number of carbonyl (C=O) groups excluding carboxylic acids is 1. The van der Waals surface area contributed by atoms with E-state index in [4.69, 9.17) is 10.4 Å². The van der Waals surface area contributed by atoms with Crippen LogP contribution in [0, 0.1) is 28.1 Å². The normalized spacial score (nSPS) is 14.8. The van der Waals surface area contributed by atoms with Gasteiger partial charge in [-0.25, -0.2) is 4.98 Å². The molecule has 0 atom stereocenters. The molecule has 5 rings (SSSR count). The van der Waals surface area contributed by atoms with Gasteiger partial charge in [-0.05, 0) is 36.6 Å². The van der Waals surface area contributed by atoms with E-state index in [1.807, 2.05) is 19.2 Å².